The Bertz CT molecular complexity index is 196. The van der Waals surface area contributed by atoms with Crippen LogP contribution in [0.15, 0.2) is 0 Å². The molecule has 1 unspecified atom stereocenters. The molecular weight excluding hydrogens is 190 g/mol. The summed E-state index contributed by atoms with van der Waals surface area (Å²) >= 11 is 0. The summed E-state index contributed by atoms with van der Waals surface area (Å²) in [5.41, 5.74) is 5.89. The highest BCUT2D eigenvalue weighted by Gasteiger charge is 2.41. The molecule has 1 aliphatic carbocycles. The predicted octanol–water partition coefficient (Wildman–Crippen LogP) is 1.54. The lowest BCUT2D eigenvalue weighted by Gasteiger charge is -2.27. The summed E-state index contributed by atoms with van der Waals surface area (Å²) in [6, 6.07) is 0. The first-order valence-electron chi connectivity index (χ1n) is 5.85. The van der Waals surface area contributed by atoms with Gasteiger partial charge in [-0.15, -0.1) is 0 Å². The van der Waals surface area contributed by atoms with Crippen molar-refractivity contribution in [2.45, 2.75) is 45.6 Å². The van der Waals surface area contributed by atoms with Crippen LogP contribution in [0.3, 0.4) is 0 Å². The highest BCUT2D eigenvalue weighted by molar-refractivity contribution is 4.98. The zero-order chi connectivity index (χ0) is 11.5. The van der Waals surface area contributed by atoms with E-state index in [4.69, 9.17) is 10.5 Å². The van der Waals surface area contributed by atoms with E-state index in [0.717, 1.165) is 25.9 Å². The number of aliphatic hydroxyl groups excluding tert-OH is 1. The fourth-order valence-corrected chi connectivity index (χ4v) is 1.59. The maximum absolute atomic E-state index is 9.25. The Morgan fingerprint density at radius 1 is 1.33 bits per heavy atom. The number of ether oxygens (including phenoxy) is 1. The third kappa shape index (κ3) is 4.49. The maximum atomic E-state index is 9.25. The molecule has 1 saturated carbocycles. The first kappa shape index (κ1) is 12.9. The lowest BCUT2D eigenvalue weighted by molar-refractivity contribution is 0.0341. The summed E-state index contributed by atoms with van der Waals surface area (Å²) in [6.07, 6.45) is 3.30. The summed E-state index contributed by atoms with van der Waals surface area (Å²) in [4.78, 5) is 0. The van der Waals surface area contributed by atoms with Gasteiger partial charge in [-0.25, -0.2) is 0 Å². The fourth-order valence-electron chi connectivity index (χ4n) is 1.59. The van der Waals surface area contributed by atoms with E-state index < -0.39 is 5.54 Å². The minimum Gasteiger partial charge on any atom is -0.394 e. The second-order valence-corrected chi connectivity index (χ2v) is 6.03. The van der Waals surface area contributed by atoms with Crippen LogP contribution in [0.4, 0.5) is 0 Å². The first-order chi connectivity index (χ1) is 6.87. The Kier molecular flexibility index (Phi) is 4.15. The summed E-state index contributed by atoms with van der Waals surface area (Å²) in [7, 11) is 0. The van der Waals surface area contributed by atoms with Crippen LogP contribution in [0.25, 0.3) is 0 Å². The van der Waals surface area contributed by atoms with Crippen molar-refractivity contribution in [3.05, 3.63) is 0 Å². The molecule has 0 aromatic carbocycles. The van der Waals surface area contributed by atoms with E-state index >= 15 is 0 Å². The zero-order valence-electron chi connectivity index (χ0n) is 10.3. The van der Waals surface area contributed by atoms with Gasteiger partial charge in [0.2, 0.25) is 0 Å². The van der Waals surface area contributed by atoms with Crippen molar-refractivity contribution in [1.82, 2.24) is 0 Å². The van der Waals surface area contributed by atoms with E-state index in [1.807, 2.05) is 0 Å². The summed E-state index contributed by atoms with van der Waals surface area (Å²) in [5.74, 6) is 0.470. The van der Waals surface area contributed by atoms with Crippen LogP contribution in [-0.4, -0.2) is 30.5 Å². The van der Waals surface area contributed by atoms with Gasteiger partial charge in [-0.05, 0) is 30.6 Å². The number of hydrogen-bond acceptors (Lipinski definition) is 3. The number of nitrogens with two attached hydrogens (primary N) is 1. The molecule has 90 valence electrons. The van der Waals surface area contributed by atoms with Crippen LogP contribution >= 0.6 is 0 Å². The van der Waals surface area contributed by atoms with E-state index in [2.05, 4.69) is 20.8 Å². The van der Waals surface area contributed by atoms with E-state index in [1.54, 1.807) is 0 Å². The normalized spacial score (nSPS) is 21.4. The Morgan fingerprint density at radius 3 is 2.33 bits per heavy atom. The topological polar surface area (TPSA) is 55.5 Å². The molecule has 0 heterocycles. The van der Waals surface area contributed by atoms with Gasteiger partial charge in [0, 0.05) is 6.61 Å². The number of hydrogen-bond donors (Lipinski definition) is 2. The van der Waals surface area contributed by atoms with Crippen LogP contribution < -0.4 is 5.73 Å². The van der Waals surface area contributed by atoms with Crippen LogP contribution in [-0.2, 0) is 4.74 Å². The Hall–Kier alpha value is -0.120. The average Bonchev–Trinajstić information content (AvgIpc) is 2.93. The van der Waals surface area contributed by atoms with Crippen molar-refractivity contribution < 1.29 is 9.84 Å². The molecule has 0 aliphatic heterocycles. The molecule has 0 bridgehead atoms. The highest BCUT2D eigenvalue weighted by Crippen LogP contribution is 2.38. The van der Waals surface area contributed by atoms with Gasteiger partial charge in [0.15, 0.2) is 0 Å². The Labute approximate surface area is 93.0 Å². The standard InChI is InChI=1S/C12H25NO2/c1-11(2,3)6-7-15-9-12(13,8-14)10-4-5-10/h10,14H,4-9,13H2,1-3H3. The minimum absolute atomic E-state index is 0.0349. The molecule has 15 heavy (non-hydrogen) atoms. The largest absolute Gasteiger partial charge is 0.394 e. The average molecular weight is 215 g/mol. The zero-order valence-corrected chi connectivity index (χ0v) is 10.3. The minimum atomic E-state index is -0.488. The SMILES string of the molecule is CC(C)(C)CCOCC(N)(CO)C1CC1. The lowest BCUT2D eigenvalue weighted by Crippen LogP contribution is -2.50. The fraction of sp³-hybridized carbons (Fsp3) is 1.00. The second-order valence-electron chi connectivity index (χ2n) is 6.03. The van der Waals surface area contributed by atoms with Crippen LogP contribution in [0.1, 0.15) is 40.0 Å². The van der Waals surface area contributed by atoms with Gasteiger partial charge in [-0.2, -0.15) is 0 Å². The molecule has 1 fully saturated rings. The van der Waals surface area contributed by atoms with Crippen molar-refractivity contribution in [3.8, 4) is 0 Å². The van der Waals surface area contributed by atoms with Crippen molar-refractivity contribution in [2.24, 2.45) is 17.1 Å². The van der Waals surface area contributed by atoms with Gasteiger partial charge in [0.05, 0.1) is 18.8 Å². The molecule has 1 atom stereocenters. The van der Waals surface area contributed by atoms with Gasteiger partial charge < -0.3 is 15.6 Å². The van der Waals surface area contributed by atoms with Crippen molar-refractivity contribution in [2.75, 3.05) is 19.8 Å². The van der Waals surface area contributed by atoms with Crippen LogP contribution in [0.2, 0.25) is 0 Å². The molecular formula is C12H25NO2. The van der Waals surface area contributed by atoms with Crippen LogP contribution in [0, 0.1) is 11.3 Å². The molecule has 0 amide bonds. The van der Waals surface area contributed by atoms with Gasteiger partial charge in [0.1, 0.15) is 0 Å². The highest BCUT2D eigenvalue weighted by atomic mass is 16.5. The third-order valence-corrected chi connectivity index (χ3v) is 3.05. The monoisotopic (exact) mass is 215 g/mol. The molecule has 0 spiro atoms. The molecule has 1 aliphatic rings. The number of rotatable bonds is 6. The Morgan fingerprint density at radius 2 is 1.93 bits per heavy atom. The van der Waals surface area contributed by atoms with E-state index in [0.29, 0.717) is 17.9 Å². The third-order valence-electron chi connectivity index (χ3n) is 3.05. The molecule has 0 radical (unpaired) electrons. The smallest absolute Gasteiger partial charge is 0.0671 e. The quantitative estimate of drug-likeness (QED) is 0.661. The van der Waals surface area contributed by atoms with Gasteiger partial charge in [-0.1, -0.05) is 20.8 Å². The second kappa shape index (κ2) is 4.81. The Balaban J connectivity index is 2.18. The van der Waals surface area contributed by atoms with E-state index in [1.165, 1.54) is 0 Å². The van der Waals surface area contributed by atoms with Crippen LogP contribution in [0.5, 0.6) is 0 Å². The van der Waals surface area contributed by atoms with Gasteiger partial charge in [0.25, 0.3) is 0 Å². The number of aliphatic hydroxyl groups is 1. The molecule has 0 saturated heterocycles. The molecule has 1 rings (SSSR count). The molecule has 3 nitrogen and oxygen atoms in total. The lowest BCUT2D eigenvalue weighted by atomic mass is 9.93. The van der Waals surface area contributed by atoms with Crippen molar-refractivity contribution >= 4 is 0 Å². The first-order valence-corrected chi connectivity index (χ1v) is 5.85. The van der Waals surface area contributed by atoms with E-state index in [9.17, 15) is 5.11 Å². The summed E-state index contributed by atoms with van der Waals surface area (Å²) in [6.45, 7) is 7.84. The summed E-state index contributed by atoms with van der Waals surface area (Å²) < 4.78 is 5.58. The maximum Gasteiger partial charge on any atom is 0.0671 e. The molecule has 0 aromatic rings. The summed E-state index contributed by atoms with van der Waals surface area (Å²) in [5, 5.41) is 9.25. The predicted molar refractivity (Wildman–Crippen MR) is 61.6 cm³/mol. The van der Waals surface area contributed by atoms with Gasteiger partial charge in [-0.3, -0.25) is 0 Å². The molecule has 3 heteroatoms. The van der Waals surface area contributed by atoms with Crippen molar-refractivity contribution in [3.63, 3.8) is 0 Å². The molecule has 0 aromatic heterocycles. The van der Waals surface area contributed by atoms with Crippen molar-refractivity contribution in [1.29, 1.82) is 0 Å². The van der Waals surface area contributed by atoms with E-state index in [-0.39, 0.29) is 6.61 Å². The van der Waals surface area contributed by atoms with Gasteiger partial charge >= 0.3 is 0 Å². The molecule has 3 N–H and O–H groups in total.